The third kappa shape index (κ3) is 3.11. The van der Waals surface area contributed by atoms with Crippen LogP contribution in [0.3, 0.4) is 0 Å². The highest BCUT2D eigenvalue weighted by atomic mass is 16.5. The number of ether oxygens (including phenoxy) is 1. The average Bonchev–Trinajstić information content (AvgIpc) is 2.74. The summed E-state index contributed by atoms with van der Waals surface area (Å²) in [6, 6.07) is 12.9. The average molecular weight is 324 g/mol. The van der Waals surface area contributed by atoms with Gasteiger partial charge in [0.15, 0.2) is 0 Å². The van der Waals surface area contributed by atoms with Crippen LogP contribution in [-0.4, -0.2) is 25.5 Å². The highest BCUT2D eigenvalue weighted by Gasteiger charge is 2.21. The Hall–Kier alpha value is -2.82. The first kappa shape index (κ1) is 16.1. The molecule has 2 aromatic carbocycles. The normalized spacial score (nSPS) is 13.8. The summed E-state index contributed by atoms with van der Waals surface area (Å²) in [5.74, 6) is 0.389. The summed E-state index contributed by atoms with van der Waals surface area (Å²) in [6.07, 6.45) is 1.17. The van der Waals surface area contributed by atoms with E-state index in [2.05, 4.69) is 5.32 Å². The Kier molecular flexibility index (Phi) is 4.51. The number of nitrogens with zero attached hydrogens (tertiary/aromatic N) is 1. The number of carbonyl (C=O) groups is 2. The Balaban J connectivity index is 1.89. The van der Waals surface area contributed by atoms with E-state index in [1.165, 1.54) is 0 Å². The van der Waals surface area contributed by atoms with Crippen LogP contribution in [0.2, 0.25) is 0 Å². The van der Waals surface area contributed by atoms with E-state index in [9.17, 15) is 9.59 Å². The maximum Gasteiger partial charge on any atom is 0.255 e. The van der Waals surface area contributed by atoms with Crippen LogP contribution in [-0.2, 0) is 11.2 Å². The lowest BCUT2D eigenvalue weighted by Crippen LogP contribution is -2.25. The van der Waals surface area contributed by atoms with Gasteiger partial charge in [-0.1, -0.05) is 25.1 Å². The monoisotopic (exact) mass is 324 g/mol. The summed E-state index contributed by atoms with van der Waals surface area (Å²) < 4.78 is 5.58. The molecule has 3 rings (SSSR count). The minimum Gasteiger partial charge on any atom is -0.491 e. The van der Waals surface area contributed by atoms with Gasteiger partial charge in [-0.2, -0.15) is 0 Å². The Morgan fingerprint density at radius 1 is 1.25 bits per heavy atom. The lowest BCUT2D eigenvalue weighted by Gasteiger charge is -2.17. The molecule has 1 heterocycles. The number of aryl methyl sites for hydroxylation is 1. The van der Waals surface area contributed by atoms with E-state index >= 15 is 0 Å². The van der Waals surface area contributed by atoms with Crippen molar-refractivity contribution in [2.75, 3.05) is 23.9 Å². The van der Waals surface area contributed by atoms with E-state index in [1.54, 1.807) is 30.1 Å². The molecule has 1 N–H and O–H groups in total. The molecule has 5 nitrogen and oxygen atoms in total. The Bertz CT molecular complexity index is 786. The second kappa shape index (κ2) is 6.74. The first-order valence-corrected chi connectivity index (χ1v) is 8.03. The molecule has 1 aliphatic heterocycles. The van der Waals surface area contributed by atoms with Crippen molar-refractivity contribution in [3.8, 4) is 5.75 Å². The molecule has 0 spiro atoms. The van der Waals surface area contributed by atoms with Gasteiger partial charge in [-0.05, 0) is 36.2 Å². The van der Waals surface area contributed by atoms with Crippen LogP contribution in [0.1, 0.15) is 29.3 Å². The molecule has 0 unspecified atom stereocenters. The molecular formula is C19H20N2O3. The van der Waals surface area contributed by atoms with Gasteiger partial charge < -0.3 is 15.0 Å². The summed E-state index contributed by atoms with van der Waals surface area (Å²) in [4.78, 5) is 26.1. The van der Waals surface area contributed by atoms with Crippen LogP contribution < -0.4 is 15.0 Å². The molecule has 0 bridgehead atoms. The van der Waals surface area contributed by atoms with Crippen molar-refractivity contribution >= 4 is 23.2 Å². The van der Waals surface area contributed by atoms with Gasteiger partial charge in [-0.3, -0.25) is 9.59 Å². The summed E-state index contributed by atoms with van der Waals surface area (Å²) in [6.45, 7) is 2.40. The minimum absolute atomic E-state index is 0.0253. The van der Waals surface area contributed by atoms with Gasteiger partial charge in [0.25, 0.3) is 5.91 Å². The first-order chi connectivity index (χ1) is 11.6. The highest BCUT2D eigenvalue weighted by molar-refractivity contribution is 6.06. The van der Waals surface area contributed by atoms with E-state index in [-0.39, 0.29) is 11.8 Å². The maximum absolute atomic E-state index is 12.6. The van der Waals surface area contributed by atoms with Crippen LogP contribution >= 0.6 is 0 Å². The molecule has 2 amide bonds. The third-order valence-electron chi connectivity index (χ3n) is 4.18. The van der Waals surface area contributed by atoms with Crippen LogP contribution in [0.5, 0.6) is 5.75 Å². The van der Waals surface area contributed by atoms with Crippen molar-refractivity contribution in [2.24, 2.45) is 0 Å². The number of para-hydroxylation sites is 1. The van der Waals surface area contributed by atoms with Gasteiger partial charge in [0.2, 0.25) is 5.91 Å². The van der Waals surface area contributed by atoms with Gasteiger partial charge >= 0.3 is 0 Å². The van der Waals surface area contributed by atoms with E-state index in [1.807, 2.05) is 31.2 Å². The predicted molar refractivity (Wildman–Crippen MR) is 93.7 cm³/mol. The smallest absolute Gasteiger partial charge is 0.255 e. The van der Waals surface area contributed by atoms with Crippen LogP contribution in [0.4, 0.5) is 11.4 Å². The molecule has 0 atom stereocenters. The molecule has 24 heavy (non-hydrogen) atoms. The number of nitrogens with one attached hydrogen (secondary N) is 1. The standard InChI is InChI=1S/C19H20N2O3/c1-3-13-6-4-5-7-15(13)20-19(23)14-8-9-17-16(12-14)21(2)18(22)10-11-24-17/h4-9,12H,3,10-11H2,1-2H3,(H,20,23). The van der Waals surface area contributed by atoms with Gasteiger partial charge in [-0.25, -0.2) is 0 Å². The zero-order chi connectivity index (χ0) is 17.1. The fourth-order valence-electron chi connectivity index (χ4n) is 2.74. The van der Waals surface area contributed by atoms with Crippen molar-refractivity contribution < 1.29 is 14.3 Å². The van der Waals surface area contributed by atoms with E-state index in [0.717, 1.165) is 17.7 Å². The molecule has 0 radical (unpaired) electrons. The fourth-order valence-corrected chi connectivity index (χ4v) is 2.74. The van der Waals surface area contributed by atoms with Crippen molar-refractivity contribution in [2.45, 2.75) is 19.8 Å². The third-order valence-corrected chi connectivity index (χ3v) is 4.18. The molecule has 0 saturated carbocycles. The zero-order valence-electron chi connectivity index (χ0n) is 13.8. The summed E-state index contributed by atoms with van der Waals surface area (Å²) >= 11 is 0. The Labute approximate surface area is 141 Å². The van der Waals surface area contributed by atoms with Gasteiger partial charge in [0.05, 0.1) is 18.7 Å². The summed E-state index contributed by atoms with van der Waals surface area (Å²) in [5.41, 5.74) is 3.00. The largest absolute Gasteiger partial charge is 0.491 e. The van der Waals surface area contributed by atoms with Gasteiger partial charge in [0.1, 0.15) is 5.75 Å². The first-order valence-electron chi connectivity index (χ1n) is 8.03. The Morgan fingerprint density at radius 3 is 2.83 bits per heavy atom. The van der Waals surface area contributed by atoms with Crippen LogP contribution in [0.15, 0.2) is 42.5 Å². The molecule has 1 aliphatic rings. The number of benzene rings is 2. The SMILES string of the molecule is CCc1ccccc1NC(=O)c1ccc2c(c1)N(C)C(=O)CCO2. The van der Waals surface area contributed by atoms with Crippen molar-refractivity contribution in [3.63, 3.8) is 0 Å². The quantitative estimate of drug-likeness (QED) is 0.943. The maximum atomic E-state index is 12.6. The molecule has 5 heteroatoms. The number of rotatable bonds is 3. The van der Waals surface area contributed by atoms with Crippen LogP contribution in [0.25, 0.3) is 0 Å². The lowest BCUT2D eigenvalue weighted by atomic mass is 10.1. The van der Waals surface area contributed by atoms with E-state index in [4.69, 9.17) is 4.74 Å². The second-order valence-corrected chi connectivity index (χ2v) is 5.70. The number of anilines is 2. The molecule has 0 aliphatic carbocycles. The number of hydrogen-bond donors (Lipinski definition) is 1. The lowest BCUT2D eigenvalue weighted by molar-refractivity contribution is -0.118. The molecule has 0 saturated heterocycles. The molecule has 2 aromatic rings. The van der Waals surface area contributed by atoms with Crippen molar-refractivity contribution in [1.29, 1.82) is 0 Å². The summed E-state index contributed by atoms with van der Waals surface area (Å²) in [5, 5.41) is 2.94. The molecule has 124 valence electrons. The van der Waals surface area contributed by atoms with Crippen LogP contribution in [0, 0.1) is 0 Å². The van der Waals surface area contributed by atoms with Gasteiger partial charge in [-0.15, -0.1) is 0 Å². The minimum atomic E-state index is -0.205. The molecule has 0 aromatic heterocycles. The highest BCUT2D eigenvalue weighted by Crippen LogP contribution is 2.31. The molecule has 0 fully saturated rings. The topological polar surface area (TPSA) is 58.6 Å². The van der Waals surface area contributed by atoms with Crippen molar-refractivity contribution in [1.82, 2.24) is 0 Å². The summed E-state index contributed by atoms with van der Waals surface area (Å²) in [7, 11) is 1.70. The predicted octanol–water partition coefficient (Wildman–Crippen LogP) is 3.25. The number of fused-ring (bicyclic) bond motifs is 1. The molecular weight excluding hydrogens is 304 g/mol. The van der Waals surface area contributed by atoms with E-state index in [0.29, 0.717) is 30.0 Å². The second-order valence-electron chi connectivity index (χ2n) is 5.70. The van der Waals surface area contributed by atoms with Crippen molar-refractivity contribution in [3.05, 3.63) is 53.6 Å². The fraction of sp³-hybridized carbons (Fsp3) is 0.263. The zero-order valence-corrected chi connectivity index (χ0v) is 13.8. The number of amides is 2. The number of hydrogen-bond acceptors (Lipinski definition) is 3. The Morgan fingerprint density at radius 2 is 2.04 bits per heavy atom. The van der Waals surface area contributed by atoms with E-state index < -0.39 is 0 Å². The van der Waals surface area contributed by atoms with Gasteiger partial charge in [0, 0.05) is 18.3 Å². The number of carbonyl (C=O) groups excluding carboxylic acids is 2.